The zero-order valence-electron chi connectivity index (χ0n) is 10.2. The van der Waals surface area contributed by atoms with Gasteiger partial charge in [0.05, 0.1) is 5.52 Å². The number of aryl methyl sites for hydroxylation is 1. The van der Waals surface area contributed by atoms with Gasteiger partial charge < -0.3 is 5.11 Å². The number of hydrogen-bond acceptors (Lipinski definition) is 3. The van der Waals surface area contributed by atoms with Gasteiger partial charge in [0.2, 0.25) is 0 Å². The van der Waals surface area contributed by atoms with Gasteiger partial charge in [0.1, 0.15) is 5.69 Å². The third-order valence-electron chi connectivity index (χ3n) is 2.95. The van der Waals surface area contributed by atoms with Crippen molar-refractivity contribution in [2.75, 3.05) is 0 Å². The Balaban J connectivity index is 2.40. The summed E-state index contributed by atoms with van der Waals surface area (Å²) in [6.45, 7) is 1.91. The summed E-state index contributed by atoms with van der Waals surface area (Å²) in [7, 11) is 0. The van der Waals surface area contributed by atoms with Crippen LogP contribution in [0.4, 0.5) is 0 Å². The van der Waals surface area contributed by atoms with E-state index in [9.17, 15) is 9.90 Å². The number of pyridine rings is 2. The van der Waals surface area contributed by atoms with Gasteiger partial charge in [0, 0.05) is 11.9 Å². The minimum absolute atomic E-state index is 0.0457. The van der Waals surface area contributed by atoms with E-state index in [1.165, 1.54) is 0 Å². The Bertz CT molecular complexity index is 763. The first-order valence-electron chi connectivity index (χ1n) is 5.81. The number of fused-ring (bicyclic) bond motifs is 1. The summed E-state index contributed by atoms with van der Waals surface area (Å²) >= 11 is 0. The van der Waals surface area contributed by atoms with E-state index >= 15 is 0 Å². The van der Waals surface area contributed by atoms with Crippen LogP contribution in [0.5, 0.6) is 0 Å². The van der Waals surface area contributed by atoms with E-state index in [-0.39, 0.29) is 5.69 Å². The van der Waals surface area contributed by atoms with E-state index in [2.05, 4.69) is 9.97 Å². The molecule has 0 saturated carbocycles. The first kappa shape index (κ1) is 11.4. The molecule has 3 rings (SSSR count). The summed E-state index contributed by atoms with van der Waals surface area (Å²) in [5, 5.41) is 9.24. The van der Waals surface area contributed by atoms with Gasteiger partial charge in [-0.05, 0) is 31.2 Å². The number of hydrogen-bond donors (Lipinski definition) is 1. The van der Waals surface area contributed by atoms with Gasteiger partial charge in [-0.3, -0.25) is 9.38 Å². The quantitative estimate of drug-likeness (QED) is 0.761. The van der Waals surface area contributed by atoms with Crippen LogP contribution in [0.2, 0.25) is 0 Å². The molecule has 0 saturated heterocycles. The Kier molecular flexibility index (Phi) is 2.52. The highest BCUT2D eigenvalue weighted by Gasteiger charge is 2.18. The summed E-state index contributed by atoms with van der Waals surface area (Å²) in [4.78, 5) is 19.7. The van der Waals surface area contributed by atoms with Crippen LogP contribution in [0.1, 0.15) is 16.2 Å². The zero-order chi connectivity index (χ0) is 13.4. The Hall–Kier alpha value is -2.69. The van der Waals surface area contributed by atoms with E-state index in [0.717, 1.165) is 5.69 Å². The molecule has 0 unspecified atom stereocenters. The summed E-state index contributed by atoms with van der Waals surface area (Å²) < 4.78 is 1.81. The Morgan fingerprint density at radius 1 is 1.21 bits per heavy atom. The number of carboxylic acids is 1. The van der Waals surface area contributed by atoms with Gasteiger partial charge >= 0.3 is 5.97 Å². The number of carbonyl (C=O) groups is 1. The zero-order valence-corrected chi connectivity index (χ0v) is 10.2. The predicted octanol–water partition coefficient (Wildman–Crippen LogP) is 2.40. The lowest BCUT2D eigenvalue weighted by atomic mass is 10.3. The smallest absolute Gasteiger partial charge is 0.356 e. The highest BCUT2D eigenvalue weighted by Crippen LogP contribution is 2.22. The molecule has 0 bridgehead atoms. The number of carboxylic acid groups (broad SMARTS) is 1. The maximum absolute atomic E-state index is 11.3. The highest BCUT2D eigenvalue weighted by atomic mass is 16.4. The first-order valence-corrected chi connectivity index (χ1v) is 5.81. The van der Waals surface area contributed by atoms with Gasteiger partial charge in [-0.1, -0.05) is 12.1 Å². The van der Waals surface area contributed by atoms with E-state index < -0.39 is 5.97 Å². The van der Waals surface area contributed by atoms with Crippen molar-refractivity contribution in [2.24, 2.45) is 0 Å². The molecular formula is C14H11N3O2. The van der Waals surface area contributed by atoms with Crippen LogP contribution in [0.3, 0.4) is 0 Å². The lowest BCUT2D eigenvalue weighted by Gasteiger charge is -2.03. The Morgan fingerprint density at radius 3 is 2.74 bits per heavy atom. The predicted molar refractivity (Wildman–Crippen MR) is 70.1 cm³/mol. The van der Waals surface area contributed by atoms with Crippen LogP contribution < -0.4 is 0 Å². The van der Waals surface area contributed by atoms with Gasteiger partial charge in [0.15, 0.2) is 11.5 Å². The van der Waals surface area contributed by atoms with Gasteiger partial charge in [-0.25, -0.2) is 9.78 Å². The molecule has 0 fully saturated rings. The maximum atomic E-state index is 11.3. The number of aromatic nitrogens is 3. The van der Waals surface area contributed by atoms with Crippen LogP contribution in [-0.2, 0) is 0 Å². The molecule has 19 heavy (non-hydrogen) atoms. The van der Waals surface area contributed by atoms with Crippen LogP contribution in [0, 0.1) is 6.92 Å². The molecule has 3 heterocycles. The van der Waals surface area contributed by atoms with Crippen molar-refractivity contribution >= 4 is 11.5 Å². The van der Waals surface area contributed by atoms with Crippen molar-refractivity contribution in [1.82, 2.24) is 14.4 Å². The lowest BCUT2D eigenvalue weighted by molar-refractivity contribution is 0.0693. The van der Waals surface area contributed by atoms with Crippen LogP contribution >= 0.6 is 0 Å². The summed E-state index contributed by atoms with van der Waals surface area (Å²) in [6.07, 6.45) is 1.66. The average Bonchev–Trinajstić information content (AvgIpc) is 2.81. The second-order valence-electron chi connectivity index (χ2n) is 4.19. The fraction of sp³-hybridized carbons (Fsp3) is 0.0714. The molecule has 3 aromatic heterocycles. The van der Waals surface area contributed by atoms with Gasteiger partial charge in [-0.15, -0.1) is 0 Å². The summed E-state index contributed by atoms with van der Waals surface area (Å²) in [5.74, 6) is -0.489. The molecule has 0 aliphatic rings. The molecule has 0 amide bonds. The van der Waals surface area contributed by atoms with Crippen molar-refractivity contribution in [2.45, 2.75) is 6.92 Å². The van der Waals surface area contributed by atoms with Crippen molar-refractivity contribution in [3.8, 4) is 11.5 Å². The van der Waals surface area contributed by atoms with E-state index in [0.29, 0.717) is 17.0 Å². The van der Waals surface area contributed by atoms with Gasteiger partial charge in [0.25, 0.3) is 0 Å². The van der Waals surface area contributed by atoms with Crippen molar-refractivity contribution in [1.29, 1.82) is 0 Å². The average molecular weight is 253 g/mol. The van der Waals surface area contributed by atoms with E-state index in [4.69, 9.17) is 0 Å². The largest absolute Gasteiger partial charge is 0.476 e. The molecule has 0 aliphatic carbocycles. The lowest BCUT2D eigenvalue weighted by Crippen LogP contribution is -1.97. The Morgan fingerprint density at radius 2 is 2.05 bits per heavy atom. The van der Waals surface area contributed by atoms with E-state index in [1.807, 2.05) is 41.7 Å². The number of aromatic carboxylic acids is 1. The molecule has 0 aliphatic heterocycles. The molecule has 1 N–H and O–H groups in total. The minimum atomic E-state index is -1.04. The summed E-state index contributed by atoms with van der Waals surface area (Å²) in [6, 6.07) is 10.9. The third-order valence-corrected chi connectivity index (χ3v) is 2.95. The molecular weight excluding hydrogens is 242 g/mol. The van der Waals surface area contributed by atoms with Crippen LogP contribution in [-0.4, -0.2) is 25.4 Å². The molecule has 0 radical (unpaired) electrons. The van der Waals surface area contributed by atoms with Crippen molar-refractivity contribution in [3.63, 3.8) is 0 Å². The molecule has 0 atom stereocenters. The molecule has 5 heteroatoms. The van der Waals surface area contributed by atoms with Crippen molar-refractivity contribution < 1.29 is 9.90 Å². The maximum Gasteiger partial charge on any atom is 0.356 e. The number of imidazole rings is 1. The fourth-order valence-corrected chi connectivity index (χ4v) is 2.12. The van der Waals surface area contributed by atoms with Crippen molar-refractivity contribution in [3.05, 3.63) is 54.0 Å². The highest BCUT2D eigenvalue weighted by molar-refractivity contribution is 5.94. The van der Waals surface area contributed by atoms with E-state index in [1.54, 1.807) is 12.3 Å². The fourth-order valence-electron chi connectivity index (χ4n) is 2.12. The monoisotopic (exact) mass is 253 g/mol. The number of rotatable bonds is 2. The standard InChI is InChI=1S/C14H11N3O2/c1-9-5-4-7-11-12(14(18)19)16-13(17(9)11)10-6-2-3-8-15-10/h2-8H,1H3,(H,18,19). The first-order chi connectivity index (χ1) is 9.18. The van der Waals surface area contributed by atoms with Gasteiger partial charge in [-0.2, -0.15) is 0 Å². The third kappa shape index (κ3) is 1.76. The minimum Gasteiger partial charge on any atom is -0.476 e. The van der Waals surface area contributed by atoms with Crippen LogP contribution in [0.25, 0.3) is 17.0 Å². The molecule has 0 spiro atoms. The molecule has 94 valence electrons. The molecule has 5 nitrogen and oxygen atoms in total. The second-order valence-corrected chi connectivity index (χ2v) is 4.19. The van der Waals surface area contributed by atoms with Crippen LogP contribution in [0.15, 0.2) is 42.6 Å². The molecule has 0 aromatic carbocycles. The normalized spacial score (nSPS) is 10.8. The molecule has 3 aromatic rings. The topological polar surface area (TPSA) is 67.5 Å². The Labute approximate surface area is 109 Å². The SMILES string of the molecule is Cc1cccc2c(C(=O)O)nc(-c3ccccn3)n12. The number of nitrogens with zero attached hydrogens (tertiary/aromatic N) is 3. The summed E-state index contributed by atoms with van der Waals surface area (Å²) in [5.41, 5.74) is 2.19. The second kappa shape index (κ2) is 4.20.